The average molecular weight is 432 g/mol. The van der Waals surface area contributed by atoms with E-state index in [0.29, 0.717) is 17.2 Å². The first-order valence-electron chi connectivity index (χ1n) is 10.5. The van der Waals surface area contributed by atoms with Gasteiger partial charge >= 0.3 is 0 Å². The number of nitrogens with one attached hydrogen (secondary N) is 1. The lowest BCUT2D eigenvalue weighted by molar-refractivity contribution is -0.0456. The number of aliphatic hydroxyl groups excluding tert-OH is 2. The second kappa shape index (κ2) is 7.09. The molecule has 2 aromatic heterocycles. The van der Waals surface area contributed by atoms with Gasteiger partial charge in [0, 0.05) is 17.4 Å². The zero-order valence-electron chi connectivity index (χ0n) is 17.0. The van der Waals surface area contributed by atoms with Crippen LogP contribution in [0.15, 0.2) is 67.1 Å². The van der Waals surface area contributed by atoms with Crippen LogP contribution in [-0.4, -0.2) is 42.6 Å². The summed E-state index contributed by atoms with van der Waals surface area (Å²) in [5, 5.41) is 25.3. The summed E-state index contributed by atoms with van der Waals surface area (Å²) in [6.07, 6.45) is 1.99. The van der Waals surface area contributed by atoms with Crippen LogP contribution in [0.25, 0.3) is 22.2 Å². The Morgan fingerprint density at radius 2 is 1.78 bits per heavy atom. The van der Waals surface area contributed by atoms with Crippen LogP contribution in [-0.2, 0) is 4.74 Å². The zero-order chi connectivity index (χ0) is 21.9. The van der Waals surface area contributed by atoms with Crippen molar-refractivity contribution in [1.82, 2.24) is 14.5 Å². The molecule has 3 heterocycles. The number of halogens is 1. The van der Waals surface area contributed by atoms with Gasteiger partial charge in [-0.2, -0.15) is 0 Å². The topological polar surface area (TPSA) is 92.4 Å². The van der Waals surface area contributed by atoms with Crippen LogP contribution in [0.1, 0.15) is 19.1 Å². The molecule has 3 atom stereocenters. The van der Waals surface area contributed by atoms with Crippen LogP contribution in [0.5, 0.6) is 0 Å². The molecule has 1 spiro atoms. The lowest BCUT2D eigenvalue weighted by Crippen LogP contribution is -2.32. The molecule has 162 valence electrons. The summed E-state index contributed by atoms with van der Waals surface area (Å²) in [7, 11) is 0. The van der Waals surface area contributed by atoms with Crippen LogP contribution in [0.2, 0.25) is 0 Å². The van der Waals surface area contributed by atoms with Crippen LogP contribution in [0.4, 0.5) is 15.9 Å². The fourth-order valence-electron chi connectivity index (χ4n) is 4.49. The van der Waals surface area contributed by atoms with Crippen molar-refractivity contribution < 1.29 is 19.3 Å². The molecule has 0 bridgehead atoms. The Hall–Kier alpha value is -3.33. The molecule has 8 heteroatoms. The number of hydrogen-bond acceptors (Lipinski definition) is 6. The summed E-state index contributed by atoms with van der Waals surface area (Å²) in [4.78, 5) is 8.94. The van der Waals surface area contributed by atoms with Gasteiger partial charge in [-0.1, -0.05) is 30.3 Å². The third-order valence-corrected chi connectivity index (χ3v) is 6.33. The Morgan fingerprint density at radius 1 is 1.03 bits per heavy atom. The summed E-state index contributed by atoms with van der Waals surface area (Å²) >= 11 is 0. The van der Waals surface area contributed by atoms with Crippen molar-refractivity contribution in [2.24, 2.45) is 0 Å². The number of ether oxygens (including phenoxy) is 1. The largest absolute Gasteiger partial charge is 0.387 e. The molecule has 0 amide bonds. The first-order valence-corrected chi connectivity index (χ1v) is 10.5. The predicted molar refractivity (Wildman–Crippen MR) is 117 cm³/mol. The molecule has 4 aromatic rings. The van der Waals surface area contributed by atoms with Gasteiger partial charge in [0.15, 0.2) is 6.23 Å². The van der Waals surface area contributed by atoms with Gasteiger partial charge in [0.1, 0.15) is 35.8 Å². The Kier molecular flexibility index (Phi) is 4.29. The highest BCUT2D eigenvalue weighted by Crippen LogP contribution is 2.53. The number of hydrogen-bond donors (Lipinski definition) is 3. The van der Waals surface area contributed by atoms with Crippen molar-refractivity contribution in [1.29, 1.82) is 0 Å². The van der Waals surface area contributed by atoms with Gasteiger partial charge in [0.05, 0.1) is 11.0 Å². The maximum atomic E-state index is 13.4. The van der Waals surface area contributed by atoms with Gasteiger partial charge in [-0.15, -0.1) is 0 Å². The van der Waals surface area contributed by atoms with Gasteiger partial charge in [0.25, 0.3) is 0 Å². The standard InChI is InChI=1S/C24H21FN4O3/c25-15-6-8-16(9-7-15)28-21-18-17(14-4-2-1-3-5-14)12-29(22(18)27-13-26-21)23-19(30)20(31)24(32-23)10-11-24/h1-9,12-13,19-20,23,30-31H,10-11H2,(H,26,27,28)/t19-,20+,23?/m1/s1. The summed E-state index contributed by atoms with van der Waals surface area (Å²) in [5.74, 6) is 0.229. The second-order valence-electron chi connectivity index (χ2n) is 8.38. The Bertz CT molecular complexity index is 1290. The van der Waals surface area contributed by atoms with E-state index in [2.05, 4.69) is 15.3 Å². The van der Waals surface area contributed by atoms with E-state index in [1.165, 1.54) is 18.5 Å². The second-order valence-corrected chi connectivity index (χ2v) is 8.38. The lowest BCUT2D eigenvalue weighted by Gasteiger charge is -2.17. The minimum Gasteiger partial charge on any atom is -0.387 e. The zero-order valence-corrected chi connectivity index (χ0v) is 17.0. The van der Waals surface area contributed by atoms with E-state index in [1.807, 2.05) is 36.5 Å². The average Bonchev–Trinajstić information content (AvgIpc) is 3.44. The van der Waals surface area contributed by atoms with Crippen LogP contribution < -0.4 is 5.32 Å². The molecule has 3 N–H and O–H groups in total. The van der Waals surface area contributed by atoms with Gasteiger partial charge in [-0.3, -0.25) is 0 Å². The number of anilines is 2. The van der Waals surface area contributed by atoms with Crippen molar-refractivity contribution in [3.8, 4) is 11.1 Å². The van der Waals surface area contributed by atoms with E-state index >= 15 is 0 Å². The minimum atomic E-state index is -1.07. The van der Waals surface area contributed by atoms with E-state index in [0.717, 1.165) is 29.4 Å². The quantitative estimate of drug-likeness (QED) is 0.455. The third kappa shape index (κ3) is 2.99. The lowest BCUT2D eigenvalue weighted by atomic mass is 10.1. The van der Waals surface area contributed by atoms with Gasteiger partial charge in [-0.05, 0) is 42.7 Å². The third-order valence-electron chi connectivity index (χ3n) is 6.33. The van der Waals surface area contributed by atoms with E-state index in [1.54, 1.807) is 16.7 Å². The maximum Gasteiger partial charge on any atom is 0.164 e. The fourth-order valence-corrected chi connectivity index (χ4v) is 4.49. The molecule has 1 aliphatic carbocycles. The normalized spacial score (nSPS) is 23.7. The predicted octanol–water partition coefficient (Wildman–Crippen LogP) is 3.76. The van der Waals surface area contributed by atoms with Crippen LogP contribution >= 0.6 is 0 Å². The molecular formula is C24H21FN4O3. The summed E-state index contributed by atoms with van der Waals surface area (Å²) in [5.41, 5.74) is 2.38. The summed E-state index contributed by atoms with van der Waals surface area (Å²) in [6.45, 7) is 0. The molecule has 7 nitrogen and oxygen atoms in total. The number of aliphatic hydroxyl groups is 2. The monoisotopic (exact) mass is 432 g/mol. The van der Waals surface area contributed by atoms with Gasteiger partial charge in [-0.25, -0.2) is 14.4 Å². The molecule has 0 radical (unpaired) electrons. The highest BCUT2D eigenvalue weighted by atomic mass is 19.1. The Labute approximate surface area is 183 Å². The van der Waals surface area contributed by atoms with Gasteiger partial charge in [0.2, 0.25) is 0 Å². The van der Waals surface area contributed by atoms with E-state index in [9.17, 15) is 14.6 Å². The number of rotatable bonds is 4. The van der Waals surface area contributed by atoms with E-state index in [-0.39, 0.29) is 5.82 Å². The van der Waals surface area contributed by atoms with Crippen molar-refractivity contribution in [3.05, 3.63) is 72.9 Å². The minimum absolute atomic E-state index is 0.320. The van der Waals surface area contributed by atoms with Crippen LogP contribution in [0, 0.1) is 5.82 Å². The SMILES string of the molecule is O[C@H]1C(n2cc(-c3ccccc3)c3c(Nc4ccc(F)cc4)ncnc32)OC2(CC2)[C@H]1O. The van der Waals surface area contributed by atoms with E-state index < -0.39 is 24.0 Å². The molecule has 1 unspecified atom stereocenters. The molecule has 2 aromatic carbocycles. The van der Waals surface area contributed by atoms with Crippen molar-refractivity contribution in [2.45, 2.75) is 36.9 Å². The van der Waals surface area contributed by atoms with Crippen molar-refractivity contribution in [2.75, 3.05) is 5.32 Å². The summed E-state index contributed by atoms with van der Waals surface area (Å²) < 4.78 is 21.3. The van der Waals surface area contributed by atoms with Crippen molar-refractivity contribution in [3.63, 3.8) is 0 Å². The molecule has 1 saturated carbocycles. The molecule has 6 rings (SSSR count). The molecule has 2 fully saturated rings. The molecule has 32 heavy (non-hydrogen) atoms. The molecule has 1 saturated heterocycles. The number of aromatic nitrogens is 3. The summed E-state index contributed by atoms with van der Waals surface area (Å²) in [6, 6.07) is 15.8. The molecular weight excluding hydrogens is 411 g/mol. The smallest absolute Gasteiger partial charge is 0.164 e. The molecule has 1 aliphatic heterocycles. The first kappa shape index (κ1) is 19.4. The van der Waals surface area contributed by atoms with Crippen LogP contribution in [0.3, 0.4) is 0 Å². The van der Waals surface area contributed by atoms with E-state index in [4.69, 9.17) is 4.74 Å². The first-order chi connectivity index (χ1) is 15.6. The fraction of sp³-hybridized carbons (Fsp3) is 0.250. The maximum absolute atomic E-state index is 13.4. The Balaban J connectivity index is 1.52. The number of benzene rings is 2. The number of fused-ring (bicyclic) bond motifs is 1. The highest BCUT2D eigenvalue weighted by molar-refractivity contribution is 6.02. The van der Waals surface area contributed by atoms with Crippen molar-refractivity contribution >= 4 is 22.5 Å². The number of nitrogens with zero attached hydrogens (tertiary/aromatic N) is 3. The Morgan fingerprint density at radius 3 is 2.47 bits per heavy atom. The van der Waals surface area contributed by atoms with Gasteiger partial charge < -0.3 is 24.8 Å². The molecule has 2 aliphatic rings. The highest BCUT2D eigenvalue weighted by Gasteiger charge is 2.62.